The van der Waals surface area contributed by atoms with Crippen molar-refractivity contribution in [3.8, 4) is 0 Å². The highest BCUT2D eigenvalue weighted by molar-refractivity contribution is 6.34. The lowest BCUT2D eigenvalue weighted by molar-refractivity contribution is 0.0950. The van der Waals surface area contributed by atoms with Gasteiger partial charge in [0.2, 0.25) is 0 Å². The average molecular weight is 277 g/mol. The summed E-state index contributed by atoms with van der Waals surface area (Å²) >= 11 is 6.04. The smallest absolute Gasteiger partial charge is 0.282 e. The van der Waals surface area contributed by atoms with E-state index in [1.807, 2.05) is 25.1 Å². The number of H-pyrrole nitrogens is 1. The van der Waals surface area contributed by atoms with Crippen LogP contribution in [0.4, 0.5) is 0 Å². The fourth-order valence-electron chi connectivity index (χ4n) is 1.54. The van der Waals surface area contributed by atoms with Crippen LogP contribution in [0, 0.1) is 6.92 Å². The maximum absolute atomic E-state index is 11.7. The zero-order valence-corrected chi connectivity index (χ0v) is 11.3. The normalized spacial score (nSPS) is 11.4. The highest BCUT2D eigenvalue weighted by Crippen LogP contribution is 2.15. The van der Waals surface area contributed by atoms with Gasteiger partial charge in [-0.15, -0.1) is 0 Å². The maximum Gasteiger partial charge on any atom is 0.291 e. The first-order valence-corrected chi connectivity index (χ1v) is 6.07. The van der Waals surface area contributed by atoms with Gasteiger partial charge in [0.1, 0.15) is 0 Å². The van der Waals surface area contributed by atoms with Gasteiger partial charge in [0.05, 0.1) is 5.71 Å². The highest BCUT2D eigenvalue weighted by atomic mass is 35.5. The minimum Gasteiger partial charge on any atom is -0.282 e. The Morgan fingerprint density at radius 2 is 2.16 bits per heavy atom. The molecule has 1 aromatic heterocycles. The van der Waals surface area contributed by atoms with Gasteiger partial charge in [-0.1, -0.05) is 29.8 Å². The third-order valence-electron chi connectivity index (χ3n) is 2.53. The number of benzene rings is 1. The molecule has 1 heterocycles. The molecule has 5 nitrogen and oxygen atoms in total. The van der Waals surface area contributed by atoms with Crippen LogP contribution in [0.1, 0.15) is 28.7 Å². The van der Waals surface area contributed by atoms with E-state index in [9.17, 15) is 4.79 Å². The van der Waals surface area contributed by atoms with E-state index in [-0.39, 0.29) is 5.91 Å². The van der Waals surface area contributed by atoms with Gasteiger partial charge in [-0.05, 0) is 26.0 Å². The van der Waals surface area contributed by atoms with Crippen LogP contribution >= 0.6 is 11.6 Å². The van der Waals surface area contributed by atoms with E-state index in [0.717, 1.165) is 11.3 Å². The van der Waals surface area contributed by atoms with E-state index in [0.29, 0.717) is 16.4 Å². The molecule has 0 fully saturated rings. The quantitative estimate of drug-likeness (QED) is 0.668. The predicted molar refractivity (Wildman–Crippen MR) is 74.5 cm³/mol. The minimum absolute atomic E-state index is 0.299. The summed E-state index contributed by atoms with van der Waals surface area (Å²) in [5.41, 5.74) is 4.97. The van der Waals surface area contributed by atoms with Gasteiger partial charge in [-0.25, -0.2) is 5.43 Å². The molecule has 98 valence electrons. The van der Waals surface area contributed by atoms with Crippen LogP contribution < -0.4 is 5.43 Å². The van der Waals surface area contributed by atoms with Gasteiger partial charge >= 0.3 is 0 Å². The molecule has 6 heteroatoms. The number of carbonyl (C=O) groups is 1. The molecule has 19 heavy (non-hydrogen) atoms. The number of carbonyl (C=O) groups excluding carboxylic acids is 1. The van der Waals surface area contributed by atoms with Gasteiger partial charge in [-0.3, -0.25) is 9.89 Å². The molecular weight excluding hydrogens is 264 g/mol. The van der Waals surface area contributed by atoms with Crippen molar-refractivity contribution in [1.29, 1.82) is 0 Å². The largest absolute Gasteiger partial charge is 0.291 e. The van der Waals surface area contributed by atoms with Crippen LogP contribution in [-0.2, 0) is 0 Å². The van der Waals surface area contributed by atoms with Gasteiger partial charge in [0.25, 0.3) is 5.91 Å². The van der Waals surface area contributed by atoms with Gasteiger partial charge < -0.3 is 0 Å². The summed E-state index contributed by atoms with van der Waals surface area (Å²) in [5, 5.41) is 11.2. The second kappa shape index (κ2) is 5.67. The number of amides is 1. The van der Waals surface area contributed by atoms with Gasteiger partial charge in [0, 0.05) is 16.3 Å². The zero-order valence-electron chi connectivity index (χ0n) is 10.6. The SMILES string of the molecule is C/C(=N/NC(=O)c1cc(C)[nH]n1)c1ccccc1Cl. The summed E-state index contributed by atoms with van der Waals surface area (Å²) in [4.78, 5) is 11.7. The first-order valence-electron chi connectivity index (χ1n) is 5.69. The molecule has 2 rings (SSSR count). The molecule has 0 unspecified atom stereocenters. The second-order valence-corrected chi connectivity index (χ2v) is 4.46. The summed E-state index contributed by atoms with van der Waals surface area (Å²) in [7, 11) is 0. The van der Waals surface area contributed by atoms with E-state index in [1.165, 1.54) is 0 Å². The third kappa shape index (κ3) is 3.20. The molecule has 0 aliphatic heterocycles. The number of hydrazone groups is 1. The number of rotatable bonds is 3. The molecule has 0 bridgehead atoms. The molecule has 0 atom stereocenters. The fraction of sp³-hybridized carbons (Fsp3) is 0.154. The standard InChI is InChI=1S/C13H13ClN4O/c1-8-7-12(17-15-8)13(19)18-16-9(2)10-5-3-4-6-11(10)14/h3-7H,1-2H3,(H,15,17)(H,18,19)/b16-9-. The van der Waals surface area contributed by atoms with E-state index in [4.69, 9.17) is 11.6 Å². The van der Waals surface area contributed by atoms with Crippen LogP contribution in [0.2, 0.25) is 5.02 Å². The monoisotopic (exact) mass is 276 g/mol. The van der Waals surface area contributed by atoms with Crippen molar-refractivity contribution >= 4 is 23.2 Å². The first-order chi connectivity index (χ1) is 9.08. The van der Waals surface area contributed by atoms with Crippen LogP contribution in [0.25, 0.3) is 0 Å². The van der Waals surface area contributed by atoms with Crippen molar-refractivity contribution < 1.29 is 4.79 Å². The van der Waals surface area contributed by atoms with Crippen molar-refractivity contribution in [1.82, 2.24) is 15.6 Å². The van der Waals surface area contributed by atoms with Crippen molar-refractivity contribution in [3.63, 3.8) is 0 Å². The molecule has 0 spiro atoms. The van der Waals surface area contributed by atoms with Gasteiger partial charge in [-0.2, -0.15) is 10.2 Å². The van der Waals surface area contributed by atoms with Crippen molar-refractivity contribution in [3.05, 3.63) is 52.3 Å². The zero-order chi connectivity index (χ0) is 13.8. The molecule has 0 saturated heterocycles. The van der Waals surface area contributed by atoms with E-state index < -0.39 is 0 Å². The van der Waals surface area contributed by atoms with Crippen LogP contribution in [0.3, 0.4) is 0 Å². The van der Waals surface area contributed by atoms with Crippen LogP contribution in [0.5, 0.6) is 0 Å². The molecule has 1 amide bonds. The van der Waals surface area contributed by atoms with Crippen LogP contribution in [0.15, 0.2) is 35.4 Å². The number of hydrogen-bond donors (Lipinski definition) is 2. The summed E-state index contributed by atoms with van der Waals surface area (Å²) in [6.45, 7) is 3.60. The summed E-state index contributed by atoms with van der Waals surface area (Å²) in [5.74, 6) is -0.365. The second-order valence-electron chi connectivity index (χ2n) is 4.05. The van der Waals surface area contributed by atoms with Crippen LogP contribution in [-0.4, -0.2) is 21.8 Å². The summed E-state index contributed by atoms with van der Waals surface area (Å²) < 4.78 is 0. The summed E-state index contributed by atoms with van der Waals surface area (Å²) in [6, 6.07) is 8.96. The Bertz CT molecular complexity index is 633. The maximum atomic E-state index is 11.7. The Kier molecular flexibility index (Phi) is 3.97. The van der Waals surface area contributed by atoms with E-state index >= 15 is 0 Å². The molecule has 1 aromatic carbocycles. The number of aromatic nitrogens is 2. The molecule has 0 aliphatic carbocycles. The van der Waals surface area contributed by atoms with Crippen molar-refractivity contribution in [2.24, 2.45) is 5.10 Å². The molecule has 2 aromatic rings. The number of hydrogen-bond acceptors (Lipinski definition) is 3. The fourth-order valence-corrected chi connectivity index (χ4v) is 1.81. The van der Waals surface area contributed by atoms with Gasteiger partial charge in [0.15, 0.2) is 5.69 Å². The van der Waals surface area contributed by atoms with Crippen molar-refractivity contribution in [2.45, 2.75) is 13.8 Å². The lowest BCUT2D eigenvalue weighted by Crippen LogP contribution is -2.19. The Morgan fingerprint density at radius 1 is 1.42 bits per heavy atom. The van der Waals surface area contributed by atoms with Crippen molar-refractivity contribution in [2.75, 3.05) is 0 Å². The Morgan fingerprint density at radius 3 is 2.79 bits per heavy atom. The number of aryl methyl sites for hydroxylation is 1. The predicted octanol–water partition coefficient (Wildman–Crippen LogP) is 2.53. The molecule has 0 aliphatic rings. The molecular formula is C13H13ClN4O. The number of halogens is 1. The number of nitrogens with one attached hydrogen (secondary N) is 2. The molecule has 2 N–H and O–H groups in total. The summed E-state index contributed by atoms with van der Waals surface area (Å²) in [6.07, 6.45) is 0. The number of aromatic amines is 1. The topological polar surface area (TPSA) is 70.1 Å². The van der Waals surface area contributed by atoms with E-state index in [2.05, 4.69) is 20.7 Å². The minimum atomic E-state index is -0.365. The third-order valence-corrected chi connectivity index (χ3v) is 2.86. The molecule has 0 radical (unpaired) electrons. The van der Waals surface area contributed by atoms with E-state index in [1.54, 1.807) is 19.1 Å². The molecule has 0 saturated carbocycles. The highest BCUT2D eigenvalue weighted by Gasteiger charge is 2.09. The Labute approximate surface area is 115 Å². The Balaban J connectivity index is 2.11. The first kappa shape index (κ1) is 13.3. The number of nitrogens with zero attached hydrogens (tertiary/aromatic N) is 2. The lowest BCUT2D eigenvalue weighted by Gasteiger charge is -2.03. The average Bonchev–Trinajstić information content (AvgIpc) is 2.83. The lowest BCUT2D eigenvalue weighted by atomic mass is 10.1. The Hall–Kier alpha value is -2.14.